The normalized spacial score (nSPS) is 17.7. The molecule has 1 aromatic carbocycles. The number of fused-ring (bicyclic) bond motifs is 1. The quantitative estimate of drug-likeness (QED) is 0.586. The molecule has 0 radical (unpaired) electrons. The van der Waals surface area contributed by atoms with E-state index in [9.17, 15) is 14.4 Å². The van der Waals surface area contributed by atoms with Crippen LogP contribution >= 0.6 is 11.6 Å². The highest BCUT2D eigenvalue weighted by Crippen LogP contribution is 2.39. The van der Waals surface area contributed by atoms with Crippen LogP contribution in [0.1, 0.15) is 55.1 Å². The van der Waals surface area contributed by atoms with Crippen molar-refractivity contribution in [3.63, 3.8) is 0 Å². The van der Waals surface area contributed by atoms with E-state index in [1.807, 2.05) is 0 Å². The maximum atomic E-state index is 13.7. The summed E-state index contributed by atoms with van der Waals surface area (Å²) in [5.74, 6) is -0.710. The number of carbonyl (C=O) groups excluding carboxylic acids is 3. The van der Waals surface area contributed by atoms with Crippen LogP contribution in [0.25, 0.3) is 0 Å². The number of ether oxygens (including phenoxy) is 2. The smallest absolute Gasteiger partial charge is 0.358 e. The van der Waals surface area contributed by atoms with E-state index in [2.05, 4.69) is 24.3 Å². The van der Waals surface area contributed by atoms with Crippen molar-refractivity contribution in [2.24, 2.45) is 5.92 Å². The van der Waals surface area contributed by atoms with Crippen LogP contribution in [-0.4, -0.2) is 53.4 Å². The van der Waals surface area contributed by atoms with Crippen LogP contribution in [0.15, 0.2) is 24.3 Å². The number of anilines is 1. The summed E-state index contributed by atoms with van der Waals surface area (Å²) in [6.07, 6.45) is 0.788. The molecule has 2 amide bonds. The summed E-state index contributed by atoms with van der Waals surface area (Å²) >= 11 is 6.24. The Morgan fingerprint density at radius 1 is 1.30 bits per heavy atom. The predicted octanol–water partition coefficient (Wildman–Crippen LogP) is 3.30. The Kier molecular flexibility index (Phi) is 7.31. The average Bonchev–Trinajstić information content (AvgIpc) is 3.18. The van der Waals surface area contributed by atoms with Crippen molar-refractivity contribution in [2.45, 2.75) is 46.2 Å². The summed E-state index contributed by atoms with van der Waals surface area (Å²) in [6, 6.07) is 6.23. The van der Waals surface area contributed by atoms with Gasteiger partial charge in [0.15, 0.2) is 5.69 Å². The lowest BCUT2D eigenvalue weighted by Crippen LogP contribution is -2.64. The number of esters is 1. The Balaban J connectivity index is 2.11. The minimum absolute atomic E-state index is 0.00248. The summed E-state index contributed by atoms with van der Waals surface area (Å²) < 4.78 is 11.9. The lowest BCUT2D eigenvalue weighted by Gasteiger charge is -2.43. The zero-order valence-electron chi connectivity index (χ0n) is 19.5. The third kappa shape index (κ3) is 4.83. The standard InChI is InChI=1S/C23H29ClN4O5/c1-6-33-21(30)16-12-18-20(29)28(17-11-15(24)7-8-19(17)32-5)23(4,13-27(18)26-16)22(31)25-10-9-14(2)3/h7-8,11-12,14H,6,9-10,13H2,1-5H3,(H,25,31)/t23-/m1/s1. The van der Waals surface area contributed by atoms with Gasteiger partial charge in [-0.3, -0.25) is 19.2 Å². The first-order valence-electron chi connectivity index (χ1n) is 10.8. The molecule has 1 aromatic heterocycles. The van der Waals surface area contributed by atoms with E-state index < -0.39 is 17.4 Å². The van der Waals surface area contributed by atoms with Crippen molar-refractivity contribution >= 4 is 35.1 Å². The Labute approximate surface area is 198 Å². The number of amides is 2. The first kappa shape index (κ1) is 24.6. The van der Waals surface area contributed by atoms with Gasteiger partial charge in [-0.1, -0.05) is 25.4 Å². The van der Waals surface area contributed by atoms with E-state index in [1.54, 1.807) is 32.0 Å². The van der Waals surface area contributed by atoms with Gasteiger partial charge in [-0.25, -0.2) is 4.79 Å². The Morgan fingerprint density at radius 3 is 2.67 bits per heavy atom. The number of nitrogens with zero attached hydrogens (tertiary/aromatic N) is 3. The summed E-state index contributed by atoms with van der Waals surface area (Å²) in [7, 11) is 1.48. The van der Waals surface area contributed by atoms with Crippen molar-refractivity contribution in [2.75, 3.05) is 25.2 Å². The average molecular weight is 477 g/mol. The van der Waals surface area contributed by atoms with Crippen molar-refractivity contribution in [1.29, 1.82) is 0 Å². The minimum atomic E-state index is -1.36. The molecule has 2 aromatic rings. The van der Waals surface area contributed by atoms with Gasteiger partial charge in [0.05, 0.1) is 25.9 Å². The molecular formula is C23H29ClN4O5. The molecule has 1 N–H and O–H groups in total. The van der Waals surface area contributed by atoms with E-state index in [1.165, 1.54) is 22.8 Å². The van der Waals surface area contributed by atoms with Gasteiger partial charge in [-0.05, 0) is 44.4 Å². The van der Waals surface area contributed by atoms with E-state index in [0.29, 0.717) is 28.9 Å². The second kappa shape index (κ2) is 9.82. The van der Waals surface area contributed by atoms with Crippen LogP contribution in [0.5, 0.6) is 5.75 Å². The molecule has 2 heterocycles. The molecule has 178 valence electrons. The van der Waals surface area contributed by atoms with Gasteiger partial charge < -0.3 is 14.8 Å². The number of rotatable bonds is 8. The summed E-state index contributed by atoms with van der Waals surface area (Å²) in [4.78, 5) is 40.8. The molecular weight excluding hydrogens is 448 g/mol. The van der Waals surface area contributed by atoms with Gasteiger partial charge in [0.1, 0.15) is 17.0 Å². The fourth-order valence-electron chi connectivity index (χ4n) is 3.77. The zero-order chi connectivity index (χ0) is 24.3. The molecule has 3 rings (SSSR count). The molecule has 0 unspecified atom stereocenters. The second-order valence-electron chi connectivity index (χ2n) is 8.46. The first-order chi connectivity index (χ1) is 15.6. The van der Waals surface area contributed by atoms with Crippen molar-refractivity contribution in [1.82, 2.24) is 15.1 Å². The molecule has 9 nitrogen and oxygen atoms in total. The van der Waals surface area contributed by atoms with Crippen LogP contribution in [0.3, 0.4) is 0 Å². The van der Waals surface area contributed by atoms with Crippen LogP contribution in [0, 0.1) is 5.92 Å². The van der Waals surface area contributed by atoms with Crippen molar-refractivity contribution in [3.8, 4) is 5.75 Å². The van der Waals surface area contributed by atoms with Gasteiger partial charge in [0.25, 0.3) is 5.91 Å². The summed E-state index contributed by atoms with van der Waals surface area (Å²) in [5.41, 5.74) is -0.853. The van der Waals surface area contributed by atoms with Crippen LogP contribution in [-0.2, 0) is 16.1 Å². The number of hydrogen-bond donors (Lipinski definition) is 1. The molecule has 0 saturated heterocycles. The SMILES string of the molecule is CCOC(=O)c1cc2n(n1)C[C@](C)(C(=O)NCCC(C)C)N(c1cc(Cl)ccc1OC)C2=O. The van der Waals surface area contributed by atoms with Gasteiger partial charge in [0, 0.05) is 17.6 Å². The van der Waals surface area contributed by atoms with E-state index in [-0.39, 0.29) is 30.4 Å². The fourth-order valence-corrected chi connectivity index (χ4v) is 3.93. The molecule has 1 atom stereocenters. The number of nitrogens with one attached hydrogen (secondary N) is 1. The fraction of sp³-hybridized carbons (Fsp3) is 0.478. The second-order valence-corrected chi connectivity index (χ2v) is 8.90. The maximum absolute atomic E-state index is 13.7. The molecule has 0 bridgehead atoms. The molecule has 10 heteroatoms. The van der Waals surface area contributed by atoms with Gasteiger partial charge in [-0.2, -0.15) is 5.10 Å². The lowest BCUT2D eigenvalue weighted by atomic mass is 9.93. The van der Waals surface area contributed by atoms with E-state index in [4.69, 9.17) is 21.1 Å². The van der Waals surface area contributed by atoms with Gasteiger partial charge >= 0.3 is 5.97 Å². The largest absolute Gasteiger partial charge is 0.495 e. The molecule has 33 heavy (non-hydrogen) atoms. The van der Waals surface area contributed by atoms with E-state index >= 15 is 0 Å². The highest BCUT2D eigenvalue weighted by atomic mass is 35.5. The Bertz CT molecular complexity index is 1070. The highest BCUT2D eigenvalue weighted by Gasteiger charge is 2.50. The van der Waals surface area contributed by atoms with Gasteiger partial charge in [0.2, 0.25) is 5.91 Å². The molecule has 0 spiro atoms. The number of benzene rings is 1. The van der Waals surface area contributed by atoms with Crippen molar-refractivity contribution in [3.05, 3.63) is 40.7 Å². The monoisotopic (exact) mass is 476 g/mol. The number of carbonyl (C=O) groups is 3. The van der Waals surface area contributed by atoms with Gasteiger partial charge in [-0.15, -0.1) is 0 Å². The Morgan fingerprint density at radius 2 is 2.03 bits per heavy atom. The minimum Gasteiger partial charge on any atom is -0.495 e. The van der Waals surface area contributed by atoms with Crippen molar-refractivity contribution < 1.29 is 23.9 Å². The summed E-state index contributed by atoms with van der Waals surface area (Å²) in [6.45, 7) is 8.13. The third-order valence-electron chi connectivity index (χ3n) is 5.52. The predicted molar refractivity (Wildman–Crippen MR) is 124 cm³/mol. The first-order valence-corrected chi connectivity index (χ1v) is 11.2. The van der Waals surface area contributed by atoms with Crippen LogP contribution in [0.2, 0.25) is 5.02 Å². The van der Waals surface area contributed by atoms with Crippen LogP contribution < -0.4 is 15.0 Å². The highest BCUT2D eigenvalue weighted by molar-refractivity contribution is 6.31. The third-order valence-corrected chi connectivity index (χ3v) is 5.75. The lowest BCUT2D eigenvalue weighted by molar-refractivity contribution is -0.126. The molecule has 0 aliphatic carbocycles. The number of aromatic nitrogens is 2. The van der Waals surface area contributed by atoms with Crippen LogP contribution in [0.4, 0.5) is 5.69 Å². The van der Waals surface area contributed by atoms with E-state index in [0.717, 1.165) is 6.42 Å². The molecule has 0 fully saturated rings. The number of halogens is 1. The number of methoxy groups -OCH3 is 1. The zero-order valence-corrected chi connectivity index (χ0v) is 20.2. The Hall–Kier alpha value is -3.07. The molecule has 1 aliphatic heterocycles. The molecule has 0 saturated carbocycles. The topological polar surface area (TPSA) is 103 Å². The number of hydrogen-bond acceptors (Lipinski definition) is 6. The molecule has 1 aliphatic rings. The maximum Gasteiger partial charge on any atom is 0.358 e. The summed E-state index contributed by atoms with van der Waals surface area (Å²) in [5, 5.41) is 7.57.